The number of rotatable bonds is 4. The van der Waals surface area contributed by atoms with Gasteiger partial charge in [0.25, 0.3) is 0 Å². The molecule has 2 aromatic rings. The van der Waals surface area contributed by atoms with E-state index in [0.29, 0.717) is 11.1 Å². The molecule has 1 saturated carbocycles. The molecule has 134 valence electrons. The van der Waals surface area contributed by atoms with Crippen molar-refractivity contribution in [1.82, 2.24) is 0 Å². The smallest absolute Gasteiger partial charge is 0.126 e. The van der Waals surface area contributed by atoms with Crippen molar-refractivity contribution in [3.8, 4) is 5.75 Å². The molecule has 0 bridgehead atoms. The lowest BCUT2D eigenvalue weighted by Crippen LogP contribution is -2.31. The van der Waals surface area contributed by atoms with Crippen molar-refractivity contribution in [2.24, 2.45) is 0 Å². The van der Waals surface area contributed by atoms with Crippen LogP contribution in [0.5, 0.6) is 5.75 Å². The van der Waals surface area contributed by atoms with Gasteiger partial charge >= 0.3 is 0 Å². The minimum absolute atomic E-state index is 0.0140. The van der Waals surface area contributed by atoms with E-state index in [2.05, 4.69) is 32.0 Å². The molecule has 1 aliphatic rings. The third kappa shape index (κ3) is 3.31. The van der Waals surface area contributed by atoms with Crippen LogP contribution in [0.4, 0.5) is 0 Å². The first-order valence-electron chi connectivity index (χ1n) is 9.16. The average Bonchev–Trinajstić information content (AvgIpc) is 2.61. The van der Waals surface area contributed by atoms with Crippen molar-refractivity contribution in [2.75, 3.05) is 0 Å². The van der Waals surface area contributed by atoms with Crippen molar-refractivity contribution >= 4 is 0 Å². The predicted molar refractivity (Wildman–Crippen MR) is 99.7 cm³/mol. The third-order valence-corrected chi connectivity index (χ3v) is 5.64. The summed E-state index contributed by atoms with van der Waals surface area (Å²) in [7, 11) is 0. The van der Waals surface area contributed by atoms with Crippen LogP contribution in [0.25, 0.3) is 0 Å². The van der Waals surface area contributed by atoms with Crippen LogP contribution < -0.4 is 0 Å². The van der Waals surface area contributed by atoms with Crippen molar-refractivity contribution in [3.05, 3.63) is 63.7 Å². The summed E-state index contributed by atoms with van der Waals surface area (Å²) in [5.41, 5.74) is 5.79. The molecule has 0 spiro atoms. The summed E-state index contributed by atoms with van der Waals surface area (Å²) in [6.45, 7) is 3.80. The second kappa shape index (κ2) is 7.19. The molecule has 0 heterocycles. The van der Waals surface area contributed by atoms with Gasteiger partial charge in [-0.15, -0.1) is 0 Å². The van der Waals surface area contributed by atoms with Crippen LogP contribution in [-0.4, -0.2) is 15.3 Å². The van der Waals surface area contributed by atoms with E-state index in [4.69, 9.17) is 0 Å². The Balaban J connectivity index is 2.23. The molecular formula is C22H28O3. The zero-order chi connectivity index (χ0) is 18.0. The number of aromatic hydroxyl groups is 1. The summed E-state index contributed by atoms with van der Waals surface area (Å²) < 4.78 is 0. The molecule has 25 heavy (non-hydrogen) atoms. The molecule has 0 amide bonds. The lowest BCUT2D eigenvalue weighted by molar-refractivity contribution is 0.262. The van der Waals surface area contributed by atoms with Gasteiger partial charge in [-0.25, -0.2) is 0 Å². The topological polar surface area (TPSA) is 60.7 Å². The van der Waals surface area contributed by atoms with E-state index in [0.717, 1.165) is 31.2 Å². The Bertz CT molecular complexity index is 713. The first-order valence-corrected chi connectivity index (χ1v) is 9.16. The third-order valence-electron chi connectivity index (χ3n) is 5.64. The van der Waals surface area contributed by atoms with Gasteiger partial charge in [-0.2, -0.15) is 0 Å². The quantitative estimate of drug-likeness (QED) is 0.780. The minimum atomic E-state index is -0.227. The summed E-state index contributed by atoms with van der Waals surface area (Å²) in [5, 5.41) is 29.6. The summed E-state index contributed by atoms with van der Waals surface area (Å²) in [5.74, 6) is 0.0140. The van der Waals surface area contributed by atoms with Crippen molar-refractivity contribution < 1.29 is 15.3 Å². The first-order chi connectivity index (χ1) is 12.0. The molecule has 1 aliphatic carbocycles. The molecule has 0 radical (unpaired) electrons. The molecule has 2 aromatic carbocycles. The maximum absolute atomic E-state index is 10.2. The Labute approximate surface area is 150 Å². The van der Waals surface area contributed by atoms with E-state index in [-0.39, 0.29) is 24.4 Å². The van der Waals surface area contributed by atoms with Crippen LogP contribution in [0, 0.1) is 13.8 Å². The number of phenols is 1. The highest BCUT2D eigenvalue weighted by Gasteiger charge is 2.36. The van der Waals surface area contributed by atoms with Gasteiger partial charge in [-0.05, 0) is 49.9 Å². The molecule has 3 nitrogen and oxygen atoms in total. The van der Waals surface area contributed by atoms with E-state index >= 15 is 0 Å². The number of aliphatic hydroxyl groups is 2. The van der Waals surface area contributed by atoms with E-state index < -0.39 is 0 Å². The second-order valence-electron chi connectivity index (χ2n) is 7.48. The zero-order valence-electron chi connectivity index (χ0n) is 15.2. The van der Waals surface area contributed by atoms with Gasteiger partial charge in [0.2, 0.25) is 0 Å². The number of aryl methyl sites for hydroxylation is 2. The number of hydrogen-bond acceptors (Lipinski definition) is 3. The molecule has 0 aromatic heterocycles. The Morgan fingerprint density at radius 3 is 1.72 bits per heavy atom. The van der Waals surface area contributed by atoms with Gasteiger partial charge in [0.15, 0.2) is 0 Å². The zero-order valence-corrected chi connectivity index (χ0v) is 15.2. The van der Waals surface area contributed by atoms with Crippen LogP contribution in [0.15, 0.2) is 30.3 Å². The predicted octanol–water partition coefficient (Wildman–Crippen LogP) is 4.24. The highest BCUT2D eigenvalue weighted by Crippen LogP contribution is 2.46. The first kappa shape index (κ1) is 18.0. The SMILES string of the molecule is Cc1cc(C)cc(C2(c3cc(CO)c(O)c(CO)c3)CCCCC2)c1. The summed E-state index contributed by atoms with van der Waals surface area (Å²) in [6, 6.07) is 10.6. The molecule has 3 rings (SSSR count). The minimum Gasteiger partial charge on any atom is -0.507 e. The maximum atomic E-state index is 10.2. The van der Waals surface area contributed by atoms with Crippen molar-refractivity contribution in [3.63, 3.8) is 0 Å². The fourth-order valence-electron chi connectivity index (χ4n) is 4.43. The fourth-order valence-corrected chi connectivity index (χ4v) is 4.43. The molecule has 0 aliphatic heterocycles. The molecule has 3 N–H and O–H groups in total. The standard InChI is InChI=1S/C22H28O3/c1-15-8-16(2)10-19(9-15)22(6-4-3-5-7-22)20-11-17(13-23)21(25)18(12-20)14-24/h8-12,23-25H,3-7,13-14H2,1-2H3. The Morgan fingerprint density at radius 2 is 1.24 bits per heavy atom. The fraction of sp³-hybridized carbons (Fsp3) is 0.455. The van der Waals surface area contributed by atoms with Gasteiger partial charge in [0, 0.05) is 16.5 Å². The van der Waals surface area contributed by atoms with Crippen LogP contribution in [0.2, 0.25) is 0 Å². The average molecular weight is 340 g/mol. The van der Waals surface area contributed by atoms with Gasteiger partial charge in [-0.3, -0.25) is 0 Å². The van der Waals surface area contributed by atoms with E-state index in [1.165, 1.54) is 23.1 Å². The molecule has 0 atom stereocenters. The summed E-state index contributed by atoms with van der Waals surface area (Å²) in [4.78, 5) is 0. The second-order valence-corrected chi connectivity index (χ2v) is 7.48. The van der Waals surface area contributed by atoms with Crippen molar-refractivity contribution in [2.45, 2.75) is 64.6 Å². The van der Waals surface area contributed by atoms with Gasteiger partial charge in [-0.1, -0.05) is 48.6 Å². The van der Waals surface area contributed by atoms with E-state index in [9.17, 15) is 15.3 Å². The molecule has 3 heteroatoms. The number of benzene rings is 2. The van der Waals surface area contributed by atoms with E-state index in [1.807, 2.05) is 12.1 Å². The molecule has 0 unspecified atom stereocenters. The highest BCUT2D eigenvalue weighted by molar-refractivity contribution is 5.50. The summed E-state index contributed by atoms with van der Waals surface area (Å²) in [6.07, 6.45) is 5.67. The molecular weight excluding hydrogens is 312 g/mol. The number of aliphatic hydroxyl groups excluding tert-OH is 2. The van der Waals surface area contributed by atoms with Crippen LogP contribution in [0.3, 0.4) is 0 Å². The Kier molecular flexibility index (Phi) is 5.16. The van der Waals surface area contributed by atoms with Crippen LogP contribution in [0.1, 0.15) is 65.5 Å². The Hall–Kier alpha value is -1.84. The monoisotopic (exact) mass is 340 g/mol. The highest BCUT2D eigenvalue weighted by atomic mass is 16.3. The molecule has 1 fully saturated rings. The number of hydrogen-bond donors (Lipinski definition) is 3. The van der Waals surface area contributed by atoms with Gasteiger partial charge in [0.1, 0.15) is 5.75 Å². The van der Waals surface area contributed by atoms with Crippen LogP contribution in [-0.2, 0) is 18.6 Å². The lowest BCUT2D eigenvalue weighted by Gasteiger charge is -2.39. The van der Waals surface area contributed by atoms with Crippen molar-refractivity contribution in [1.29, 1.82) is 0 Å². The van der Waals surface area contributed by atoms with Gasteiger partial charge < -0.3 is 15.3 Å². The lowest BCUT2D eigenvalue weighted by atomic mass is 9.64. The van der Waals surface area contributed by atoms with E-state index in [1.54, 1.807) is 0 Å². The summed E-state index contributed by atoms with van der Waals surface area (Å²) >= 11 is 0. The van der Waals surface area contributed by atoms with Crippen LogP contribution >= 0.6 is 0 Å². The van der Waals surface area contributed by atoms with Gasteiger partial charge in [0.05, 0.1) is 13.2 Å². The molecule has 0 saturated heterocycles. The maximum Gasteiger partial charge on any atom is 0.126 e. The largest absolute Gasteiger partial charge is 0.507 e. The normalized spacial score (nSPS) is 16.8. The Morgan fingerprint density at radius 1 is 0.760 bits per heavy atom.